The molecule has 0 unspecified atom stereocenters. The van der Waals surface area contributed by atoms with Crippen LogP contribution in [0.5, 0.6) is 0 Å². The smallest absolute Gasteiger partial charge is 0.254 e. The first-order chi connectivity index (χ1) is 8.68. The van der Waals surface area contributed by atoms with Crippen LogP contribution in [0, 0.1) is 5.82 Å². The molecule has 6 heteroatoms. The van der Waals surface area contributed by atoms with Gasteiger partial charge in [-0.05, 0) is 18.9 Å². The number of pyridine rings is 1. The van der Waals surface area contributed by atoms with Gasteiger partial charge >= 0.3 is 0 Å². The fraction of sp³-hybridized carbons (Fsp3) is 0.417. The molecular weight excluding hydrogens is 237 g/mol. The number of halogens is 1. The number of nitrogens with one attached hydrogen (secondary N) is 1. The van der Waals surface area contributed by atoms with Gasteiger partial charge < -0.3 is 10.2 Å². The minimum Gasteiger partial charge on any atom is -0.343 e. The largest absolute Gasteiger partial charge is 0.343 e. The Morgan fingerprint density at radius 2 is 2.11 bits per heavy atom. The van der Waals surface area contributed by atoms with Crippen LogP contribution in [0.15, 0.2) is 18.5 Å². The number of aromatic nitrogens is 1. The lowest BCUT2D eigenvalue weighted by molar-refractivity contribution is -0.129. The van der Waals surface area contributed by atoms with Gasteiger partial charge in [0.05, 0.1) is 18.3 Å². The van der Waals surface area contributed by atoms with Crippen molar-refractivity contribution in [1.82, 2.24) is 15.2 Å². The minimum absolute atomic E-state index is 0.0966. The van der Waals surface area contributed by atoms with Gasteiger partial charge in [0.15, 0.2) is 5.82 Å². The molecule has 0 atom stereocenters. The van der Waals surface area contributed by atoms with Gasteiger partial charge in [0.2, 0.25) is 5.91 Å². The number of hydrogen-bond acceptors (Lipinski definition) is 3. The molecule has 0 aliphatic carbocycles. The first-order valence-corrected chi connectivity index (χ1v) is 5.84. The van der Waals surface area contributed by atoms with Crippen molar-refractivity contribution in [2.45, 2.75) is 12.8 Å². The van der Waals surface area contributed by atoms with E-state index in [0.717, 1.165) is 32.1 Å². The lowest BCUT2D eigenvalue weighted by Gasteiger charge is -2.15. The highest BCUT2D eigenvalue weighted by Gasteiger charge is 2.19. The number of carbonyl (C=O) groups excluding carboxylic acids is 2. The van der Waals surface area contributed by atoms with Crippen LogP contribution in [0.2, 0.25) is 0 Å². The molecule has 0 spiro atoms. The number of amides is 2. The summed E-state index contributed by atoms with van der Waals surface area (Å²) in [6.45, 7) is 1.37. The van der Waals surface area contributed by atoms with Gasteiger partial charge in [0, 0.05) is 19.3 Å². The maximum atomic E-state index is 13.2. The molecule has 0 saturated carbocycles. The maximum Gasteiger partial charge on any atom is 0.254 e. The molecule has 0 aromatic carbocycles. The van der Waals surface area contributed by atoms with Gasteiger partial charge in [0.1, 0.15) is 0 Å². The SMILES string of the molecule is O=C(NCC(=O)N1CCCC1)c1ccncc1F. The first-order valence-electron chi connectivity index (χ1n) is 5.84. The quantitative estimate of drug-likeness (QED) is 0.854. The van der Waals surface area contributed by atoms with Crippen molar-refractivity contribution in [2.24, 2.45) is 0 Å². The molecule has 5 nitrogen and oxygen atoms in total. The van der Waals surface area contributed by atoms with E-state index in [0.29, 0.717) is 0 Å². The Labute approximate surface area is 104 Å². The summed E-state index contributed by atoms with van der Waals surface area (Å²) in [4.78, 5) is 28.6. The molecule has 2 heterocycles. The maximum absolute atomic E-state index is 13.2. The van der Waals surface area contributed by atoms with E-state index in [-0.39, 0.29) is 18.0 Å². The Balaban J connectivity index is 1.88. The van der Waals surface area contributed by atoms with Crippen LogP contribution in [-0.4, -0.2) is 41.3 Å². The normalized spacial score (nSPS) is 14.6. The molecule has 1 aliphatic rings. The van der Waals surface area contributed by atoms with Gasteiger partial charge in [0.25, 0.3) is 5.91 Å². The summed E-state index contributed by atoms with van der Waals surface area (Å²) in [5, 5.41) is 2.42. The zero-order chi connectivity index (χ0) is 13.0. The Kier molecular flexibility index (Phi) is 3.86. The van der Waals surface area contributed by atoms with Crippen LogP contribution in [0.25, 0.3) is 0 Å². The number of carbonyl (C=O) groups is 2. The van der Waals surface area contributed by atoms with Crippen molar-refractivity contribution < 1.29 is 14.0 Å². The van der Waals surface area contributed by atoms with Gasteiger partial charge in [-0.15, -0.1) is 0 Å². The fourth-order valence-electron chi connectivity index (χ4n) is 1.89. The zero-order valence-electron chi connectivity index (χ0n) is 9.86. The third-order valence-electron chi connectivity index (χ3n) is 2.88. The summed E-state index contributed by atoms with van der Waals surface area (Å²) >= 11 is 0. The number of nitrogens with zero attached hydrogens (tertiary/aromatic N) is 2. The standard InChI is InChI=1S/C12H14FN3O2/c13-10-7-14-4-3-9(10)12(18)15-8-11(17)16-5-1-2-6-16/h3-4,7H,1-2,5-6,8H2,(H,15,18). The molecule has 2 amide bonds. The third kappa shape index (κ3) is 2.82. The Hall–Kier alpha value is -1.98. The summed E-state index contributed by atoms with van der Waals surface area (Å²) in [7, 11) is 0. The third-order valence-corrected chi connectivity index (χ3v) is 2.88. The van der Waals surface area contributed by atoms with Crippen LogP contribution >= 0.6 is 0 Å². The minimum atomic E-state index is -0.691. The Bertz CT molecular complexity index is 458. The lowest BCUT2D eigenvalue weighted by atomic mass is 10.2. The second-order valence-electron chi connectivity index (χ2n) is 4.13. The molecular formula is C12H14FN3O2. The molecule has 1 fully saturated rings. The summed E-state index contributed by atoms with van der Waals surface area (Å²) in [6.07, 6.45) is 4.30. The van der Waals surface area contributed by atoms with Crippen molar-refractivity contribution in [3.05, 3.63) is 29.8 Å². The highest BCUT2D eigenvalue weighted by atomic mass is 19.1. The molecule has 96 valence electrons. The van der Waals surface area contributed by atoms with E-state index < -0.39 is 11.7 Å². The first kappa shape index (κ1) is 12.5. The summed E-state index contributed by atoms with van der Waals surface area (Å²) < 4.78 is 13.2. The fourth-order valence-corrected chi connectivity index (χ4v) is 1.89. The second kappa shape index (κ2) is 5.57. The Morgan fingerprint density at radius 3 is 2.78 bits per heavy atom. The highest BCUT2D eigenvalue weighted by Crippen LogP contribution is 2.07. The molecule has 1 aromatic heterocycles. The van der Waals surface area contributed by atoms with E-state index in [9.17, 15) is 14.0 Å². The average Bonchev–Trinajstić information content (AvgIpc) is 2.90. The van der Waals surface area contributed by atoms with E-state index in [1.165, 1.54) is 12.3 Å². The molecule has 0 bridgehead atoms. The number of likely N-dealkylation sites (tertiary alicyclic amines) is 1. The van der Waals surface area contributed by atoms with Crippen molar-refractivity contribution in [3.8, 4) is 0 Å². The zero-order valence-corrected chi connectivity index (χ0v) is 9.86. The summed E-state index contributed by atoms with van der Waals surface area (Å²) in [5.74, 6) is -1.42. The molecule has 1 N–H and O–H groups in total. The molecule has 1 aromatic rings. The molecule has 18 heavy (non-hydrogen) atoms. The monoisotopic (exact) mass is 251 g/mol. The molecule has 2 rings (SSSR count). The van der Waals surface area contributed by atoms with Gasteiger partial charge in [-0.2, -0.15) is 0 Å². The second-order valence-corrected chi connectivity index (χ2v) is 4.13. The summed E-state index contributed by atoms with van der Waals surface area (Å²) in [5.41, 5.74) is -0.0979. The van der Waals surface area contributed by atoms with Crippen molar-refractivity contribution >= 4 is 11.8 Å². The van der Waals surface area contributed by atoms with Gasteiger partial charge in [-0.3, -0.25) is 14.6 Å². The van der Waals surface area contributed by atoms with Gasteiger partial charge in [-0.25, -0.2) is 4.39 Å². The number of rotatable bonds is 3. The topological polar surface area (TPSA) is 62.3 Å². The van der Waals surface area contributed by atoms with E-state index in [2.05, 4.69) is 10.3 Å². The lowest BCUT2D eigenvalue weighted by Crippen LogP contribution is -2.38. The van der Waals surface area contributed by atoms with Crippen molar-refractivity contribution in [2.75, 3.05) is 19.6 Å². The van der Waals surface area contributed by atoms with Crippen molar-refractivity contribution in [3.63, 3.8) is 0 Å². The van der Waals surface area contributed by atoms with E-state index in [1.54, 1.807) is 4.90 Å². The van der Waals surface area contributed by atoms with E-state index in [4.69, 9.17) is 0 Å². The Morgan fingerprint density at radius 1 is 1.39 bits per heavy atom. The van der Waals surface area contributed by atoms with Crippen LogP contribution in [-0.2, 0) is 4.79 Å². The highest BCUT2D eigenvalue weighted by molar-refractivity contribution is 5.96. The van der Waals surface area contributed by atoms with Crippen molar-refractivity contribution in [1.29, 1.82) is 0 Å². The summed E-state index contributed by atoms with van der Waals surface area (Å²) in [6, 6.07) is 1.28. The van der Waals surface area contributed by atoms with Crippen LogP contribution in [0.1, 0.15) is 23.2 Å². The number of hydrogen-bond donors (Lipinski definition) is 1. The van der Waals surface area contributed by atoms with Crippen LogP contribution in [0.4, 0.5) is 4.39 Å². The van der Waals surface area contributed by atoms with Crippen LogP contribution in [0.3, 0.4) is 0 Å². The molecule has 1 saturated heterocycles. The molecule has 1 aliphatic heterocycles. The predicted molar refractivity (Wildman–Crippen MR) is 62.3 cm³/mol. The van der Waals surface area contributed by atoms with Crippen LogP contribution < -0.4 is 5.32 Å². The van der Waals surface area contributed by atoms with E-state index in [1.807, 2.05) is 0 Å². The average molecular weight is 251 g/mol. The predicted octanol–water partition coefficient (Wildman–Crippen LogP) is 0.573. The molecule has 0 radical (unpaired) electrons. The van der Waals surface area contributed by atoms with E-state index >= 15 is 0 Å². The van der Waals surface area contributed by atoms with Gasteiger partial charge in [-0.1, -0.05) is 0 Å².